The molecule has 20 heavy (non-hydrogen) atoms. The van der Waals surface area contributed by atoms with E-state index in [0.717, 1.165) is 35.4 Å². The number of hydrogen-bond acceptors (Lipinski definition) is 2. The predicted molar refractivity (Wildman–Crippen MR) is 84.6 cm³/mol. The molecular formula is C17H25N3. The molecule has 0 radical (unpaired) electrons. The maximum atomic E-state index is 5.85. The Balaban J connectivity index is 1.79. The van der Waals surface area contributed by atoms with E-state index >= 15 is 0 Å². The number of nitrogens with two attached hydrogens (primary N) is 1. The van der Waals surface area contributed by atoms with E-state index in [1.807, 2.05) is 12.1 Å². The van der Waals surface area contributed by atoms with Gasteiger partial charge in [-0.15, -0.1) is 0 Å². The van der Waals surface area contributed by atoms with Crippen LogP contribution in [0, 0.1) is 18.8 Å². The maximum absolute atomic E-state index is 5.85. The predicted octanol–water partition coefficient (Wildman–Crippen LogP) is 4.14. The highest BCUT2D eigenvalue weighted by Gasteiger charge is 2.21. The first-order valence-corrected chi connectivity index (χ1v) is 7.89. The molecule has 108 valence electrons. The molecule has 1 aliphatic carbocycles. The maximum Gasteiger partial charge on any atom is 0.106 e. The molecule has 3 rings (SSSR count). The zero-order valence-electron chi connectivity index (χ0n) is 12.6. The van der Waals surface area contributed by atoms with Crippen molar-refractivity contribution in [1.82, 2.24) is 9.55 Å². The first kappa shape index (κ1) is 13.5. The molecular weight excluding hydrogens is 246 g/mol. The molecule has 3 nitrogen and oxygen atoms in total. The number of imidazole rings is 1. The SMILES string of the molecule is CCC1CCC(Cn2c(C)nc3cc(N)ccc32)CC1. The molecule has 1 fully saturated rings. The summed E-state index contributed by atoms with van der Waals surface area (Å²) in [5, 5.41) is 0. The Labute approximate surface area is 121 Å². The van der Waals surface area contributed by atoms with Crippen LogP contribution in [0.25, 0.3) is 11.0 Å². The minimum Gasteiger partial charge on any atom is -0.399 e. The van der Waals surface area contributed by atoms with E-state index in [2.05, 4.69) is 29.5 Å². The van der Waals surface area contributed by atoms with Crippen molar-refractivity contribution in [2.75, 3.05) is 5.73 Å². The standard InChI is InChI=1S/C17H25N3/c1-3-13-4-6-14(7-5-13)11-20-12(2)19-16-10-15(18)8-9-17(16)20/h8-10,13-14H,3-7,11,18H2,1-2H3. The van der Waals surface area contributed by atoms with Crippen molar-refractivity contribution in [1.29, 1.82) is 0 Å². The lowest BCUT2D eigenvalue weighted by Crippen LogP contribution is -2.19. The molecule has 1 heterocycles. The Morgan fingerprint density at radius 2 is 1.90 bits per heavy atom. The van der Waals surface area contributed by atoms with Gasteiger partial charge in [-0.05, 0) is 49.8 Å². The van der Waals surface area contributed by atoms with E-state index < -0.39 is 0 Å². The molecule has 0 amide bonds. The second kappa shape index (κ2) is 5.47. The van der Waals surface area contributed by atoms with Crippen molar-refractivity contribution in [3.8, 4) is 0 Å². The van der Waals surface area contributed by atoms with Crippen LogP contribution >= 0.6 is 0 Å². The summed E-state index contributed by atoms with van der Waals surface area (Å²) >= 11 is 0. The number of benzene rings is 1. The van der Waals surface area contributed by atoms with Crippen molar-refractivity contribution >= 4 is 16.7 Å². The summed E-state index contributed by atoms with van der Waals surface area (Å²) in [7, 11) is 0. The van der Waals surface area contributed by atoms with Crippen molar-refractivity contribution in [2.45, 2.75) is 52.5 Å². The van der Waals surface area contributed by atoms with Crippen LogP contribution in [0.3, 0.4) is 0 Å². The normalized spacial score (nSPS) is 23.3. The monoisotopic (exact) mass is 271 g/mol. The minimum atomic E-state index is 0.797. The van der Waals surface area contributed by atoms with Gasteiger partial charge in [-0.25, -0.2) is 4.98 Å². The lowest BCUT2D eigenvalue weighted by Gasteiger charge is -2.28. The van der Waals surface area contributed by atoms with Gasteiger partial charge in [0.2, 0.25) is 0 Å². The molecule has 2 N–H and O–H groups in total. The van der Waals surface area contributed by atoms with Crippen molar-refractivity contribution in [2.24, 2.45) is 11.8 Å². The molecule has 0 bridgehead atoms. The van der Waals surface area contributed by atoms with Gasteiger partial charge < -0.3 is 10.3 Å². The highest BCUT2D eigenvalue weighted by Crippen LogP contribution is 2.32. The fourth-order valence-electron chi connectivity index (χ4n) is 3.58. The number of rotatable bonds is 3. The molecule has 2 aromatic rings. The third-order valence-corrected chi connectivity index (χ3v) is 4.95. The van der Waals surface area contributed by atoms with Gasteiger partial charge in [-0.1, -0.05) is 26.2 Å². The Hall–Kier alpha value is -1.51. The van der Waals surface area contributed by atoms with Crippen LogP contribution in [-0.4, -0.2) is 9.55 Å². The molecule has 1 aliphatic rings. The number of nitrogen functional groups attached to an aromatic ring is 1. The number of aromatic nitrogens is 2. The summed E-state index contributed by atoms with van der Waals surface area (Å²) in [6.45, 7) is 5.54. The van der Waals surface area contributed by atoms with Crippen LogP contribution in [0.1, 0.15) is 44.9 Å². The summed E-state index contributed by atoms with van der Waals surface area (Å²) in [6, 6.07) is 6.07. The molecule has 0 saturated heterocycles. The van der Waals surface area contributed by atoms with Gasteiger partial charge in [0, 0.05) is 12.2 Å². The van der Waals surface area contributed by atoms with Crippen LogP contribution in [0.5, 0.6) is 0 Å². The lowest BCUT2D eigenvalue weighted by molar-refractivity contribution is 0.248. The second-order valence-corrected chi connectivity index (χ2v) is 6.31. The Morgan fingerprint density at radius 3 is 2.60 bits per heavy atom. The third kappa shape index (κ3) is 2.54. The zero-order valence-corrected chi connectivity index (χ0v) is 12.6. The van der Waals surface area contributed by atoms with Crippen molar-refractivity contribution < 1.29 is 0 Å². The second-order valence-electron chi connectivity index (χ2n) is 6.31. The number of aryl methyl sites for hydroxylation is 1. The van der Waals surface area contributed by atoms with Gasteiger partial charge in [0.25, 0.3) is 0 Å². The molecule has 0 aliphatic heterocycles. The van der Waals surface area contributed by atoms with E-state index in [1.165, 1.54) is 37.6 Å². The molecule has 0 unspecified atom stereocenters. The highest BCUT2D eigenvalue weighted by molar-refractivity contribution is 5.79. The number of anilines is 1. The Morgan fingerprint density at radius 1 is 1.20 bits per heavy atom. The zero-order chi connectivity index (χ0) is 14.1. The van der Waals surface area contributed by atoms with E-state index in [4.69, 9.17) is 5.73 Å². The molecule has 1 aromatic carbocycles. The molecule has 1 aromatic heterocycles. The Kier molecular flexibility index (Phi) is 3.68. The van der Waals surface area contributed by atoms with Crippen LogP contribution in [0.4, 0.5) is 5.69 Å². The van der Waals surface area contributed by atoms with E-state index in [0.29, 0.717) is 0 Å². The van der Waals surface area contributed by atoms with Gasteiger partial charge >= 0.3 is 0 Å². The van der Waals surface area contributed by atoms with Crippen LogP contribution in [0.2, 0.25) is 0 Å². The number of fused-ring (bicyclic) bond motifs is 1. The molecule has 0 atom stereocenters. The van der Waals surface area contributed by atoms with Crippen LogP contribution in [0.15, 0.2) is 18.2 Å². The minimum absolute atomic E-state index is 0.797. The summed E-state index contributed by atoms with van der Waals surface area (Å²) in [5.41, 5.74) is 8.91. The van der Waals surface area contributed by atoms with Gasteiger partial charge in [0.15, 0.2) is 0 Å². The average Bonchev–Trinajstić information content (AvgIpc) is 2.75. The van der Waals surface area contributed by atoms with Gasteiger partial charge in [-0.3, -0.25) is 0 Å². The fraction of sp³-hybridized carbons (Fsp3) is 0.588. The van der Waals surface area contributed by atoms with Crippen LogP contribution in [-0.2, 0) is 6.54 Å². The summed E-state index contributed by atoms with van der Waals surface area (Å²) in [5.74, 6) is 2.89. The van der Waals surface area contributed by atoms with E-state index in [-0.39, 0.29) is 0 Å². The van der Waals surface area contributed by atoms with E-state index in [1.54, 1.807) is 0 Å². The topological polar surface area (TPSA) is 43.8 Å². The lowest BCUT2D eigenvalue weighted by atomic mass is 9.81. The summed E-state index contributed by atoms with van der Waals surface area (Å²) < 4.78 is 2.38. The summed E-state index contributed by atoms with van der Waals surface area (Å²) in [4.78, 5) is 4.65. The van der Waals surface area contributed by atoms with Gasteiger partial charge in [0.05, 0.1) is 11.0 Å². The largest absolute Gasteiger partial charge is 0.399 e. The van der Waals surface area contributed by atoms with Gasteiger partial charge in [0.1, 0.15) is 5.82 Å². The smallest absolute Gasteiger partial charge is 0.106 e. The van der Waals surface area contributed by atoms with Crippen LogP contribution < -0.4 is 5.73 Å². The van der Waals surface area contributed by atoms with Crippen molar-refractivity contribution in [3.63, 3.8) is 0 Å². The first-order valence-electron chi connectivity index (χ1n) is 7.89. The Bertz CT molecular complexity index is 592. The first-order chi connectivity index (χ1) is 9.67. The van der Waals surface area contributed by atoms with E-state index in [9.17, 15) is 0 Å². The van der Waals surface area contributed by atoms with Gasteiger partial charge in [-0.2, -0.15) is 0 Å². The molecule has 1 saturated carbocycles. The quantitative estimate of drug-likeness (QED) is 0.852. The number of nitrogens with zero attached hydrogens (tertiary/aromatic N) is 2. The summed E-state index contributed by atoms with van der Waals surface area (Å²) in [6.07, 6.45) is 6.89. The average molecular weight is 271 g/mol. The highest BCUT2D eigenvalue weighted by atomic mass is 15.1. The third-order valence-electron chi connectivity index (χ3n) is 4.95. The molecule has 0 spiro atoms. The number of hydrogen-bond donors (Lipinski definition) is 1. The molecule has 3 heteroatoms. The van der Waals surface area contributed by atoms with Crippen molar-refractivity contribution in [3.05, 3.63) is 24.0 Å². The fourth-order valence-corrected chi connectivity index (χ4v) is 3.58.